The lowest BCUT2D eigenvalue weighted by molar-refractivity contribution is -0.120. The summed E-state index contributed by atoms with van der Waals surface area (Å²) in [5.74, 6) is 0.290. The van der Waals surface area contributed by atoms with Crippen molar-refractivity contribution in [3.8, 4) is 5.75 Å². The lowest BCUT2D eigenvalue weighted by Gasteiger charge is -2.15. The standard InChI is InChI=1S/C14H22N2O2/c1-10(2)16-14(18)9-15-11(3)8-12-4-6-13(17)7-5-12/h4-7,10-11,15,17H,8-9H2,1-3H3,(H,16,18). The van der Waals surface area contributed by atoms with Gasteiger partial charge in [0.2, 0.25) is 5.91 Å². The number of hydrogen-bond donors (Lipinski definition) is 3. The van der Waals surface area contributed by atoms with E-state index in [1.54, 1.807) is 12.1 Å². The number of rotatable bonds is 6. The minimum Gasteiger partial charge on any atom is -0.508 e. The van der Waals surface area contributed by atoms with E-state index in [4.69, 9.17) is 0 Å². The molecule has 4 heteroatoms. The van der Waals surface area contributed by atoms with Gasteiger partial charge in [0.1, 0.15) is 5.75 Å². The zero-order chi connectivity index (χ0) is 13.5. The molecule has 0 spiro atoms. The Kier molecular flexibility index (Phi) is 5.65. The van der Waals surface area contributed by atoms with E-state index < -0.39 is 0 Å². The van der Waals surface area contributed by atoms with Gasteiger partial charge in [0, 0.05) is 12.1 Å². The minimum atomic E-state index is 0.0163. The van der Waals surface area contributed by atoms with Gasteiger partial charge in [-0.1, -0.05) is 12.1 Å². The SMILES string of the molecule is CC(C)NC(=O)CNC(C)Cc1ccc(O)cc1. The normalized spacial score (nSPS) is 12.4. The molecule has 18 heavy (non-hydrogen) atoms. The lowest BCUT2D eigenvalue weighted by atomic mass is 10.1. The number of hydrogen-bond acceptors (Lipinski definition) is 3. The van der Waals surface area contributed by atoms with E-state index in [0.717, 1.165) is 12.0 Å². The zero-order valence-electron chi connectivity index (χ0n) is 11.2. The molecular formula is C14H22N2O2. The van der Waals surface area contributed by atoms with Gasteiger partial charge in [-0.05, 0) is 44.9 Å². The maximum absolute atomic E-state index is 11.4. The van der Waals surface area contributed by atoms with E-state index in [2.05, 4.69) is 10.6 Å². The second-order valence-corrected chi connectivity index (χ2v) is 4.87. The fourth-order valence-electron chi connectivity index (χ4n) is 1.70. The summed E-state index contributed by atoms with van der Waals surface area (Å²) in [7, 11) is 0. The fraction of sp³-hybridized carbons (Fsp3) is 0.500. The van der Waals surface area contributed by atoms with Crippen LogP contribution in [-0.4, -0.2) is 29.6 Å². The van der Waals surface area contributed by atoms with Crippen LogP contribution < -0.4 is 10.6 Å². The first-order valence-electron chi connectivity index (χ1n) is 6.28. The molecule has 1 aromatic carbocycles. The van der Waals surface area contributed by atoms with Crippen LogP contribution in [0.1, 0.15) is 26.3 Å². The van der Waals surface area contributed by atoms with Gasteiger partial charge in [-0.2, -0.15) is 0 Å². The molecule has 0 radical (unpaired) electrons. The number of nitrogens with one attached hydrogen (secondary N) is 2. The summed E-state index contributed by atoms with van der Waals surface area (Å²) in [6.45, 7) is 6.25. The molecule has 0 bridgehead atoms. The Morgan fingerprint density at radius 3 is 2.39 bits per heavy atom. The maximum atomic E-state index is 11.4. The molecule has 0 aliphatic carbocycles. The first-order chi connectivity index (χ1) is 8.47. The van der Waals surface area contributed by atoms with Crippen LogP contribution in [0.5, 0.6) is 5.75 Å². The third kappa shape index (κ3) is 5.68. The highest BCUT2D eigenvalue weighted by atomic mass is 16.3. The van der Waals surface area contributed by atoms with Gasteiger partial charge in [-0.25, -0.2) is 0 Å². The summed E-state index contributed by atoms with van der Waals surface area (Å²) in [6, 6.07) is 7.52. The Hall–Kier alpha value is -1.55. The van der Waals surface area contributed by atoms with Crippen LogP contribution >= 0.6 is 0 Å². The molecular weight excluding hydrogens is 228 g/mol. The van der Waals surface area contributed by atoms with Crippen molar-refractivity contribution in [1.29, 1.82) is 0 Å². The number of carbonyl (C=O) groups excluding carboxylic acids is 1. The summed E-state index contributed by atoms with van der Waals surface area (Å²) in [5, 5.41) is 15.2. The van der Waals surface area contributed by atoms with Crippen LogP contribution in [0.4, 0.5) is 0 Å². The average molecular weight is 250 g/mol. The van der Waals surface area contributed by atoms with Crippen LogP contribution in [0.15, 0.2) is 24.3 Å². The van der Waals surface area contributed by atoms with E-state index >= 15 is 0 Å². The Bertz CT molecular complexity index is 374. The molecule has 0 aromatic heterocycles. The molecule has 0 heterocycles. The Morgan fingerprint density at radius 2 is 1.83 bits per heavy atom. The van der Waals surface area contributed by atoms with Gasteiger partial charge >= 0.3 is 0 Å². The summed E-state index contributed by atoms with van der Waals surface area (Å²) in [4.78, 5) is 11.4. The van der Waals surface area contributed by atoms with Gasteiger partial charge in [-0.3, -0.25) is 4.79 Å². The van der Waals surface area contributed by atoms with Crippen LogP contribution in [0.3, 0.4) is 0 Å². The first-order valence-corrected chi connectivity index (χ1v) is 6.28. The van der Waals surface area contributed by atoms with E-state index in [9.17, 15) is 9.90 Å². The van der Waals surface area contributed by atoms with Gasteiger partial charge in [0.15, 0.2) is 0 Å². The molecule has 0 aliphatic rings. The molecule has 4 nitrogen and oxygen atoms in total. The topological polar surface area (TPSA) is 61.4 Å². The predicted octanol–water partition coefficient (Wildman–Crippen LogP) is 1.44. The van der Waals surface area contributed by atoms with Crippen molar-refractivity contribution >= 4 is 5.91 Å². The summed E-state index contributed by atoms with van der Waals surface area (Å²) in [6.07, 6.45) is 0.829. The van der Waals surface area contributed by atoms with Gasteiger partial charge in [0.05, 0.1) is 6.54 Å². The molecule has 1 atom stereocenters. The number of carbonyl (C=O) groups is 1. The van der Waals surface area contributed by atoms with Crippen molar-refractivity contribution < 1.29 is 9.90 Å². The minimum absolute atomic E-state index is 0.0163. The first kappa shape index (κ1) is 14.5. The summed E-state index contributed by atoms with van der Waals surface area (Å²) in [5.41, 5.74) is 1.14. The van der Waals surface area contributed by atoms with Crippen LogP contribution in [0, 0.1) is 0 Å². The zero-order valence-corrected chi connectivity index (χ0v) is 11.2. The van der Waals surface area contributed by atoms with Crippen LogP contribution in [0.2, 0.25) is 0 Å². The van der Waals surface area contributed by atoms with E-state index in [0.29, 0.717) is 6.54 Å². The molecule has 1 amide bonds. The average Bonchev–Trinajstić information content (AvgIpc) is 2.29. The highest BCUT2D eigenvalue weighted by Gasteiger charge is 2.07. The Balaban J connectivity index is 2.31. The van der Waals surface area contributed by atoms with Gasteiger partial charge < -0.3 is 15.7 Å². The van der Waals surface area contributed by atoms with E-state index in [1.807, 2.05) is 32.9 Å². The second kappa shape index (κ2) is 7.01. The molecule has 1 rings (SSSR count). The third-order valence-electron chi connectivity index (χ3n) is 2.54. The molecule has 3 N–H and O–H groups in total. The monoisotopic (exact) mass is 250 g/mol. The van der Waals surface area contributed by atoms with Gasteiger partial charge in [0.25, 0.3) is 0 Å². The fourth-order valence-corrected chi connectivity index (χ4v) is 1.70. The van der Waals surface area contributed by atoms with E-state index in [-0.39, 0.29) is 23.7 Å². The largest absolute Gasteiger partial charge is 0.508 e. The molecule has 0 saturated heterocycles. The lowest BCUT2D eigenvalue weighted by Crippen LogP contribution is -2.41. The maximum Gasteiger partial charge on any atom is 0.234 e. The Morgan fingerprint density at radius 1 is 1.22 bits per heavy atom. The summed E-state index contributed by atoms with van der Waals surface area (Å²) < 4.78 is 0. The van der Waals surface area contributed by atoms with Crippen LogP contribution in [0.25, 0.3) is 0 Å². The quantitative estimate of drug-likeness (QED) is 0.716. The summed E-state index contributed by atoms with van der Waals surface area (Å²) >= 11 is 0. The Labute approximate surface area is 108 Å². The molecule has 0 fully saturated rings. The van der Waals surface area contributed by atoms with Crippen molar-refractivity contribution in [1.82, 2.24) is 10.6 Å². The number of amides is 1. The second-order valence-electron chi connectivity index (χ2n) is 4.87. The van der Waals surface area contributed by atoms with Crippen LogP contribution in [-0.2, 0) is 11.2 Å². The number of phenols is 1. The van der Waals surface area contributed by atoms with Gasteiger partial charge in [-0.15, -0.1) is 0 Å². The molecule has 0 aliphatic heterocycles. The predicted molar refractivity (Wildman–Crippen MR) is 72.6 cm³/mol. The smallest absolute Gasteiger partial charge is 0.234 e. The number of benzene rings is 1. The number of phenolic OH excluding ortho intramolecular Hbond substituents is 1. The van der Waals surface area contributed by atoms with E-state index in [1.165, 1.54) is 0 Å². The van der Waals surface area contributed by atoms with Crippen molar-refractivity contribution in [3.63, 3.8) is 0 Å². The van der Waals surface area contributed by atoms with Crippen molar-refractivity contribution in [2.45, 2.75) is 39.3 Å². The molecule has 1 unspecified atom stereocenters. The number of aromatic hydroxyl groups is 1. The van der Waals surface area contributed by atoms with Crippen molar-refractivity contribution in [2.24, 2.45) is 0 Å². The highest BCUT2D eigenvalue weighted by molar-refractivity contribution is 5.78. The molecule has 1 aromatic rings. The third-order valence-corrected chi connectivity index (χ3v) is 2.54. The highest BCUT2D eigenvalue weighted by Crippen LogP contribution is 2.10. The molecule has 0 saturated carbocycles. The van der Waals surface area contributed by atoms with Crippen molar-refractivity contribution in [2.75, 3.05) is 6.54 Å². The molecule has 100 valence electrons. The van der Waals surface area contributed by atoms with Crippen molar-refractivity contribution in [3.05, 3.63) is 29.8 Å².